The topological polar surface area (TPSA) is 106 Å². The summed E-state index contributed by atoms with van der Waals surface area (Å²) in [6.45, 7) is 0.694. The van der Waals surface area contributed by atoms with Crippen LogP contribution >= 0.6 is 11.6 Å². The molecule has 2 fully saturated rings. The molecule has 2 aliphatic rings. The van der Waals surface area contributed by atoms with Gasteiger partial charge in [0.1, 0.15) is 6.54 Å². The van der Waals surface area contributed by atoms with Crippen LogP contribution in [-0.2, 0) is 19.8 Å². The highest BCUT2D eigenvalue weighted by Crippen LogP contribution is 2.42. The Morgan fingerprint density at radius 2 is 1.92 bits per heavy atom. The summed E-state index contributed by atoms with van der Waals surface area (Å²) in [6, 6.07) is 4.41. The number of imidazole rings is 1. The second kappa shape index (κ2) is 9.66. The van der Waals surface area contributed by atoms with Gasteiger partial charge in [-0.25, -0.2) is 13.8 Å². The summed E-state index contributed by atoms with van der Waals surface area (Å²) in [5.41, 5.74) is -1.55. The van der Waals surface area contributed by atoms with Crippen molar-refractivity contribution < 1.29 is 31.5 Å². The molecule has 3 N–H and O–H groups in total. The van der Waals surface area contributed by atoms with Crippen LogP contribution in [0, 0.1) is 11.8 Å². The number of carbonyl (C=O) groups is 2. The number of carbonyl (C=O) groups excluding carboxylic acids is 2. The lowest BCUT2D eigenvalue weighted by atomic mass is 10.2. The third-order valence-electron chi connectivity index (χ3n) is 6.68. The summed E-state index contributed by atoms with van der Waals surface area (Å²) in [5, 5.41) is 12.1. The van der Waals surface area contributed by atoms with Crippen LogP contribution < -0.4 is 16.0 Å². The molecule has 38 heavy (non-hydrogen) atoms. The minimum Gasteiger partial charge on any atom is -0.349 e. The molecule has 1 aliphatic heterocycles. The van der Waals surface area contributed by atoms with E-state index in [9.17, 15) is 31.5 Å². The van der Waals surface area contributed by atoms with Crippen LogP contribution in [0.25, 0.3) is 11.3 Å². The van der Waals surface area contributed by atoms with E-state index in [0.717, 1.165) is 30.1 Å². The number of anilines is 1. The molecule has 1 aromatic carbocycles. The summed E-state index contributed by atoms with van der Waals surface area (Å²) < 4.78 is 67.6. The zero-order chi connectivity index (χ0) is 27.4. The largest absolute Gasteiger partial charge is 0.435 e. The molecule has 1 saturated carbocycles. The van der Waals surface area contributed by atoms with Crippen molar-refractivity contribution in [2.75, 3.05) is 18.4 Å². The lowest BCUT2D eigenvalue weighted by molar-refractivity contribution is -0.141. The second-order valence-electron chi connectivity index (χ2n) is 9.16. The van der Waals surface area contributed by atoms with Crippen LogP contribution in [0.4, 0.5) is 27.6 Å². The maximum Gasteiger partial charge on any atom is 0.435 e. The highest BCUT2D eigenvalue weighted by atomic mass is 35.5. The summed E-state index contributed by atoms with van der Waals surface area (Å²) in [5.74, 6) is -0.496. The molecule has 0 radical (unpaired) electrons. The number of hydrogen-bond acceptors (Lipinski definition) is 5. The van der Waals surface area contributed by atoms with Gasteiger partial charge in [0.25, 0.3) is 18.2 Å². The average molecular weight is 558 g/mol. The van der Waals surface area contributed by atoms with Gasteiger partial charge in [0, 0.05) is 38.1 Å². The third-order valence-corrected chi connectivity index (χ3v) is 7.00. The van der Waals surface area contributed by atoms with E-state index in [1.807, 2.05) is 0 Å². The predicted octanol–water partition coefficient (Wildman–Crippen LogP) is 3.42. The van der Waals surface area contributed by atoms with Crippen molar-refractivity contribution in [2.45, 2.75) is 25.2 Å². The first-order chi connectivity index (χ1) is 17.9. The number of piperidine rings is 1. The smallest absolute Gasteiger partial charge is 0.349 e. The summed E-state index contributed by atoms with van der Waals surface area (Å²) in [7, 11) is 1.31. The molecule has 2 unspecified atom stereocenters. The molecule has 2 amide bonds. The number of nitrogens with one attached hydrogen (secondary N) is 3. The monoisotopic (exact) mass is 557 g/mol. The summed E-state index contributed by atoms with van der Waals surface area (Å²) >= 11 is 6.28. The van der Waals surface area contributed by atoms with Gasteiger partial charge >= 0.3 is 6.18 Å². The molecular formula is C23H21ClF5N7O2. The zero-order valence-electron chi connectivity index (χ0n) is 19.7. The van der Waals surface area contributed by atoms with Gasteiger partial charge in [0.2, 0.25) is 0 Å². The van der Waals surface area contributed by atoms with Gasteiger partial charge in [-0.3, -0.25) is 14.3 Å². The number of amides is 2. The van der Waals surface area contributed by atoms with Crippen LogP contribution in [0.1, 0.15) is 26.7 Å². The first kappa shape index (κ1) is 26.1. The molecule has 1 saturated heterocycles. The first-order valence-corrected chi connectivity index (χ1v) is 11.9. The van der Waals surface area contributed by atoms with E-state index < -0.39 is 36.3 Å². The van der Waals surface area contributed by atoms with Gasteiger partial charge in [0.05, 0.1) is 28.0 Å². The van der Waals surface area contributed by atoms with Gasteiger partial charge in [-0.05, 0) is 30.0 Å². The number of alkyl halides is 5. The Labute approximate surface area is 217 Å². The standard InChI is InChI=1S/C23H21ClF5N7O2/c1-35-16(14-8-36(9-17(25)26)34-19(14)23(27,28)29)7-31-20(35)22(38)32-10-2-3-11(15(24)4-10)21(37)33-18-12-5-30-6-13(12)18/h2-4,7-8,12-13,17-18,30H,5-6,9H2,1H3,(H,32,38)(H,33,37). The quantitative estimate of drug-likeness (QED) is 0.386. The SMILES string of the molecule is Cn1c(-c2cn(CC(F)F)nc2C(F)(F)F)cnc1C(=O)Nc1ccc(C(=O)NC2C3CNCC32)c(Cl)c1. The second-order valence-corrected chi connectivity index (χ2v) is 9.57. The van der Waals surface area contributed by atoms with E-state index in [1.165, 1.54) is 25.2 Å². The molecule has 0 bridgehead atoms. The molecule has 1 aliphatic carbocycles. The fraction of sp³-hybridized carbons (Fsp3) is 0.391. The Hall–Kier alpha value is -3.52. The van der Waals surface area contributed by atoms with E-state index in [-0.39, 0.29) is 39.7 Å². The van der Waals surface area contributed by atoms with Crippen LogP contribution in [0.5, 0.6) is 0 Å². The Kier molecular flexibility index (Phi) is 6.63. The Balaban J connectivity index is 1.32. The third kappa shape index (κ3) is 4.97. The van der Waals surface area contributed by atoms with Gasteiger partial charge in [-0.15, -0.1) is 0 Å². The summed E-state index contributed by atoms with van der Waals surface area (Å²) in [6.07, 6.45) is -5.97. The molecule has 3 aromatic rings. The lowest BCUT2D eigenvalue weighted by Gasteiger charge is -2.11. The van der Waals surface area contributed by atoms with Crippen LogP contribution in [-0.4, -0.2) is 56.7 Å². The number of benzene rings is 1. The van der Waals surface area contributed by atoms with Gasteiger partial charge in [-0.1, -0.05) is 11.6 Å². The van der Waals surface area contributed by atoms with E-state index >= 15 is 0 Å². The molecule has 5 rings (SSSR count). The lowest BCUT2D eigenvalue weighted by Crippen LogP contribution is -2.32. The number of rotatable bonds is 7. The molecule has 202 valence electrons. The van der Waals surface area contributed by atoms with Crippen LogP contribution in [0.15, 0.2) is 30.6 Å². The van der Waals surface area contributed by atoms with E-state index in [1.54, 1.807) is 0 Å². The van der Waals surface area contributed by atoms with Crippen LogP contribution in [0.2, 0.25) is 5.02 Å². The fourth-order valence-corrected chi connectivity index (χ4v) is 5.02. The van der Waals surface area contributed by atoms with Gasteiger partial charge < -0.3 is 20.5 Å². The van der Waals surface area contributed by atoms with E-state index in [0.29, 0.717) is 16.5 Å². The maximum absolute atomic E-state index is 13.5. The highest BCUT2D eigenvalue weighted by molar-refractivity contribution is 6.34. The Bertz CT molecular complexity index is 1390. The van der Waals surface area contributed by atoms with Crippen molar-refractivity contribution in [3.05, 3.63) is 52.7 Å². The Morgan fingerprint density at radius 3 is 2.55 bits per heavy atom. The number of halogens is 6. The van der Waals surface area contributed by atoms with Crippen molar-refractivity contribution in [1.29, 1.82) is 0 Å². The van der Waals surface area contributed by atoms with Crippen molar-refractivity contribution in [1.82, 2.24) is 30.0 Å². The molecule has 2 atom stereocenters. The molecule has 2 aromatic heterocycles. The predicted molar refractivity (Wildman–Crippen MR) is 126 cm³/mol. The minimum atomic E-state index is -4.92. The number of aromatic nitrogens is 4. The highest BCUT2D eigenvalue weighted by Gasteiger charge is 2.53. The maximum atomic E-state index is 13.5. The number of nitrogens with zero attached hydrogens (tertiary/aromatic N) is 4. The molecule has 0 spiro atoms. The fourth-order valence-electron chi connectivity index (χ4n) is 4.75. The molecule has 3 heterocycles. The minimum absolute atomic E-state index is 0.103. The van der Waals surface area contributed by atoms with E-state index in [4.69, 9.17) is 11.6 Å². The van der Waals surface area contributed by atoms with E-state index in [2.05, 4.69) is 26.0 Å². The average Bonchev–Trinajstić information content (AvgIpc) is 3.26. The normalized spacial score (nSPS) is 20.5. The van der Waals surface area contributed by atoms with Crippen molar-refractivity contribution in [3.8, 4) is 11.3 Å². The van der Waals surface area contributed by atoms with Crippen LogP contribution in [0.3, 0.4) is 0 Å². The number of hydrogen-bond donors (Lipinski definition) is 3. The summed E-state index contributed by atoms with van der Waals surface area (Å²) in [4.78, 5) is 29.4. The van der Waals surface area contributed by atoms with Crippen molar-refractivity contribution >= 4 is 29.1 Å². The molecule has 15 heteroatoms. The van der Waals surface area contributed by atoms with Crippen molar-refractivity contribution in [2.24, 2.45) is 18.9 Å². The Morgan fingerprint density at radius 1 is 1.21 bits per heavy atom. The molecule has 9 nitrogen and oxygen atoms in total. The molecular weight excluding hydrogens is 537 g/mol. The van der Waals surface area contributed by atoms with Gasteiger partial charge in [-0.2, -0.15) is 18.3 Å². The first-order valence-electron chi connectivity index (χ1n) is 11.5. The van der Waals surface area contributed by atoms with Gasteiger partial charge in [0.15, 0.2) is 11.5 Å². The number of fused-ring (bicyclic) bond motifs is 1. The zero-order valence-corrected chi connectivity index (χ0v) is 20.4. The van der Waals surface area contributed by atoms with Crippen molar-refractivity contribution in [3.63, 3.8) is 0 Å².